The molecule has 0 heterocycles. The van der Waals surface area contributed by atoms with Gasteiger partial charge in [-0.15, -0.1) is 0 Å². The highest BCUT2D eigenvalue weighted by Crippen LogP contribution is 1.81. The van der Waals surface area contributed by atoms with E-state index in [9.17, 15) is 4.79 Å². The van der Waals surface area contributed by atoms with Gasteiger partial charge < -0.3 is 16.4 Å². The highest BCUT2D eigenvalue weighted by molar-refractivity contribution is 6.01. The van der Waals surface area contributed by atoms with Gasteiger partial charge in [-0.3, -0.25) is 4.79 Å². The third-order valence-corrected chi connectivity index (χ3v) is 1.09. The maximum atomic E-state index is 10.7. The summed E-state index contributed by atoms with van der Waals surface area (Å²) in [5.41, 5.74) is 10.7. The van der Waals surface area contributed by atoms with Crippen molar-refractivity contribution in [1.29, 1.82) is 0 Å². The largest absolute Gasteiger partial charge is 0.369 e. The minimum atomic E-state index is -0.548. The highest BCUT2D eigenvalue weighted by Gasteiger charge is 1.97. The number of guanidine groups is 2. The molecule has 0 aliphatic carbocycles. The van der Waals surface area contributed by atoms with Crippen LogP contribution < -0.4 is 11.5 Å². The van der Waals surface area contributed by atoms with Gasteiger partial charge in [0.25, 0.3) is 5.91 Å². The van der Waals surface area contributed by atoms with E-state index in [4.69, 9.17) is 11.5 Å². The Morgan fingerprint density at radius 3 is 2.31 bits per heavy atom. The standard InChI is InChI=1S/C7H13N5O/c1-4-5(13)10-6(8)11-7(9)12(2)3/h4H,1H2,2-3H3,(H4,8,9,10,11,13). The lowest BCUT2D eigenvalue weighted by molar-refractivity contribution is -0.113. The van der Waals surface area contributed by atoms with Crippen molar-refractivity contribution in [3.8, 4) is 0 Å². The molecule has 72 valence electrons. The predicted molar refractivity (Wildman–Crippen MR) is 52.1 cm³/mol. The second-order valence-electron chi connectivity index (χ2n) is 2.38. The van der Waals surface area contributed by atoms with Crippen LogP contribution in [0.25, 0.3) is 0 Å². The molecule has 6 heteroatoms. The molecule has 0 unspecified atom stereocenters. The minimum Gasteiger partial charge on any atom is -0.369 e. The van der Waals surface area contributed by atoms with Crippen molar-refractivity contribution >= 4 is 17.8 Å². The van der Waals surface area contributed by atoms with E-state index in [2.05, 4.69) is 16.6 Å². The zero-order valence-corrected chi connectivity index (χ0v) is 7.69. The quantitative estimate of drug-likeness (QED) is 0.306. The molecule has 0 bridgehead atoms. The van der Waals surface area contributed by atoms with E-state index in [-0.39, 0.29) is 11.9 Å². The average molecular weight is 183 g/mol. The molecule has 0 aromatic carbocycles. The highest BCUT2D eigenvalue weighted by atomic mass is 16.1. The summed E-state index contributed by atoms with van der Waals surface area (Å²) in [6.07, 6.45) is 1.04. The van der Waals surface area contributed by atoms with Crippen molar-refractivity contribution in [3.05, 3.63) is 12.7 Å². The Hall–Kier alpha value is -1.85. The number of aliphatic imine (C=N–C) groups is 2. The fourth-order valence-electron chi connectivity index (χ4n) is 0.401. The average Bonchev–Trinajstić information content (AvgIpc) is 2.03. The lowest BCUT2D eigenvalue weighted by Gasteiger charge is -2.09. The van der Waals surface area contributed by atoms with Gasteiger partial charge in [-0.25, -0.2) is 0 Å². The third kappa shape index (κ3) is 4.57. The molecule has 0 aromatic rings. The van der Waals surface area contributed by atoms with Gasteiger partial charge in [0.1, 0.15) is 0 Å². The van der Waals surface area contributed by atoms with Crippen molar-refractivity contribution in [2.45, 2.75) is 0 Å². The first-order valence-electron chi connectivity index (χ1n) is 3.49. The maximum Gasteiger partial charge on any atom is 0.272 e. The molecule has 0 aliphatic rings. The monoisotopic (exact) mass is 183 g/mol. The van der Waals surface area contributed by atoms with Crippen LogP contribution in [0.15, 0.2) is 22.6 Å². The number of rotatable bonds is 1. The van der Waals surface area contributed by atoms with E-state index < -0.39 is 5.91 Å². The Labute approximate surface area is 76.6 Å². The van der Waals surface area contributed by atoms with Gasteiger partial charge in [-0.1, -0.05) is 6.58 Å². The van der Waals surface area contributed by atoms with E-state index in [1.165, 1.54) is 0 Å². The first kappa shape index (κ1) is 11.2. The van der Waals surface area contributed by atoms with Gasteiger partial charge in [0, 0.05) is 14.1 Å². The van der Waals surface area contributed by atoms with E-state index in [0.717, 1.165) is 6.08 Å². The summed E-state index contributed by atoms with van der Waals surface area (Å²) < 4.78 is 0. The molecule has 0 spiro atoms. The summed E-state index contributed by atoms with van der Waals surface area (Å²) in [5.74, 6) is -0.554. The summed E-state index contributed by atoms with van der Waals surface area (Å²) in [5, 5.41) is 0. The van der Waals surface area contributed by atoms with Crippen LogP contribution in [0.4, 0.5) is 0 Å². The molecule has 0 rings (SSSR count). The lowest BCUT2D eigenvalue weighted by Crippen LogP contribution is -2.32. The molecule has 0 aromatic heterocycles. The van der Waals surface area contributed by atoms with E-state index in [0.29, 0.717) is 0 Å². The Balaban J connectivity index is 4.53. The van der Waals surface area contributed by atoms with Crippen molar-refractivity contribution in [2.75, 3.05) is 14.1 Å². The van der Waals surface area contributed by atoms with Crippen LogP contribution in [-0.4, -0.2) is 36.8 Å². The number of carbonyl (C=O) groups excluding carboxylic acids is 1. The molecule has 0 aliphatic heterocycles. The number of carbonyl (C=O) groups is 1. The van der Waals surface area contributed by atoms with Crippen LogP contribution in [-0.2, 0) is 4.79 Å². The number of nitrogens with two attached hydrogens (primary N) is 2. The van der Waals surface area contributed by atoms with Crippen LogP contribution in [0.3, 0.4) is 0 Å². The van der Waals surface area contributed by atoms with Crippen molar-refractivity contribution in [1.82, 2.24) is 4.90 Å². The summed E-state index contributed by atoms with van der Waals surface area (Å²) in [6, 6.07) is 0. The molecule has 0 atom stereocenters. The van der Waals surface area contributed by atoms with Gasteiger partial charge in [-0.2, -0.15) is 9.98 Å². The SMILES string of the molecule is C=CC(=O)N=C(N)N=C(N)N(C)C. The van der Waals surface area contributed by atoms with Crippen LogP contribution in [0, 0.1) is 0 Å². The molecule has 0 saturated heterocycles. The van der Waals surface area contributed by atoms with Gasteiger partial charge in [-0.05, 0) is 6.08 Å². The molecule has 0 radical (unpaired) electrons. The first-order valence-corrected chi connectivity index (χ1v) is 3.49. The Morgan fingerprint density at radius 2 is 1.92 bits per heavy atom. The van der Waals surface area contributed by atoms with Crippen LogP contribution in [0.2, 0.25) is 0 Å². The molecular weight excluding hydrogens is 170 g/mol. The summed E-state index contributed by atoms with van der Waals surface area (Å²) >= 11 is 0. The van der Waals surface area contributed by atoms with Crippen molar-refractivity contribution in [3.63, 3.8) is 0 Å². The smallest absolute Gasteiger partial charge is 0.272 e. The molecule has 4 N–H and O–H groups in total. The van der Waals surface area contributed by atoms with E-state index in [1.54, 1.807) is 19.0 Å². The second-order valence-corrected chi connectivity index (χ2v) is 2.38. The number of amides is 1. The normalized spacial score (nSPS) is 12.5. The Bertz CT molecular complexity index is 266. The van der Waals surface area contributed by atoms with Crippen LogP contribution in [0.1, 0.15) is 0 Å². The van der Waals surface area contributed by atoms with Crippen LogP contribution in [0.5, 0.6) is 0 Å². The molecule has 0 fully saturated rings. The Morgan fingerprint density at radius 1 is 1.38 bits per heavy atom. The molecule has 13 heavy (non-hydrogen) atoms. The number of hydrogen-bond acceptors (Lipinski definition) is 1. The zero-order chi connectivity index (χ0) is 10.4. The third-order valence-electron chi connectivity index (χ3n) is 1.09. The lowest BCUT2D eigenvalue weighted by atomic mass is 10.6. The van der Waals surface area contributed by atoms with Gasteiger partial charge in [0.15, 0.2) is 5.96 Å². The molecule has 0 saturated carbocycles. The van der Waals surface area contributed by atoms with E-state index >= 15 is 0 Å². The van der Waals surface area contributed by atoms with Crippen molar-refractivity contribution in [2.24, 2.45) is 21.5 Å². The van der Waals surface area contributed by atoms with Crippen LogP contribution >= 0.6 is 0 Å². The number of nitrogens with zero attached hydrogens (tertiary/aromatic N) is 3. The maximum absolute atomic E-state index is 10.7. The summed E-state index contributed by atoms with van der Waals surface area (Å²) in [6.45, 7) is 3.23. The fraction of sp³-hybridized carbons (Fsp3) is 0.286. The van der Waals surface area contributed by atoms with Gasteiger partial charge >= 0.3 is 0 Å². The summed E-state index contributed by atoms with van der Waals surface area (Å²) in [7, 11) is 3.39. The van der Waals surface area contributed by atoms with E-state index in [1.807, 2.05) is 0 Å². The van der Waals surface area contributed by atoms with Crippen molar-refractivity contribution < 1.29 is 4.79 Å². The summed E-state index contributed by atoms with van der Waals surface area (Å²) in [4.78, 5) is 19.2. The predicted octanol–water partition coefficient (Wildman–Crippen LogP) is -1.11. The molecule has 1 amide bonds. The Kier molecular flexibility index (Phi) is 4.21. The zero-order valence-electron chi connectivity index (χ0n) is 7.69. The van der Waals surface area contributed by atoms with Gasteiger partial charge in [0.2, 0.25) is 5.96 Å². The van der Waals surface area contributed by atoms with Gasteiger partial charge in [0.05, 0.1) is 0 Å². The topological polar surface area (TPSA) is 97.1 Å². The second kappa shape index (κ2) is 4.91. The number of hydrogen-bond donors (Lipinski definition) is 2. The fourth-order valence-corrected chi connectivity index (χ4v) is 0.401. The minimum absolute atomic E-state index is 0.179. The first-order chi connectivity index (χ1) is 5.97. The molecular formula is C7H13N5O. The molecule has 6 nitrogen and oxygen atoms in total.